The van der Waals surface area contributed by atoms with Crippen molar-refractivity contribution in [1.29, 1.82) is 0 Å². The molecule has 3 rings (SSSR count). The van der Waals surface area contributed by atoms with Crippen LogP contribution in [0.5, 0.6) is 5.75 Å². The van der Waals surface area contributed by atoms with Gasteiger partial charge in [-0.2, -0.15) is 0 Å². The van der Waals surface area contributed by atoms with Gasteiger partial charge in [-0.05, 0) is 24.3 Å². The van der Waals surface area contributed by atoms with Crippen molar-refractivity contribution in [3.63, 3.8) is 0 Å². The number of piperazine rings is 1. The zero-order valence-electron chi connectivity index (χ0n) is 12.8. The number of carbonyl (C=O) groups is 2. The van der Waals surface area contributed by atoms with Gasteiger partial charge in [-0.1, -0.05) is 18.2 Å². The number of H-pyrrole nitrogens is 1. The van der Waals surface area contributed by atoms with Crippen LogP contribution in [0.25, 0.3) is 0 Å². The molecule has 1 aliphatic heterocycles. The first-order valence-corrected chi connectivity index (χ1v) is 7.64. The molecule has 6 nitrogen and oxygen atoms in total. The zero-order chi connectivity index (χ0) is 16.1. The van der Waals surface area contributed by atoms with Gasteiger partial charge in [-0.25, -0.2) is 4.79 Å². The first-order valence-electron chi connectivity index (χ1n) is 7.64. The normalized spacial score (nSPS) is 14.6. The minimum atomic E-state index is -0.368. The fraction of sp³-hybridized carbons (Fsp3) is 0.294. The molecule has 6 heteroatoms. The second-order valence-electron chi connectivity index (χ2n) is 5.42. The van der Waals surface area contributed by atoms with Gasteiger partial charge in [0, 0.05) is 38.1 Å². The monoisotopic (exact) mass is 313 g/mol. The Morgan fingerprint density at radius 2 is 1.65 bits per heavy atom. The number of carbonyl (C=O) groups excluding carboxylic acids is 2. The molecule has 0 atom stereocenters. The second kappa shape index (κ2) is 7.00. The Kier molecular flexibility index (Phi) is 4.61. The van der Waals surface area contributed by atoms with E-state index < -0.39 is 0 Å². The molecule has 23 heavy (non-hydrogen) atoms. The molecule has 0 unspecified atom stereocenters. The van der Waals surface area contributed by atoms with Gasteiger partial charge in [-0.15, -0.1) is 0 Å². The molecule has 2 aromatic rings. The molecule has 0 bridgehead atoms. The highest BCUT2D eigenvalue weighted by Crippen LogP contribution is 2.12. The van der Waals surface area contributed by atoms with Crippen LogP contribution in [0.15, 0.2) is 48.7 Å². The van der Waals surface area contributed by atoms with E-state index in [1.165, 1.54) is 0 Å². The minimum Gasteiger partial charge on any atom is -0.410 e. The average Bonchev–Trinajstić information content (AvgIpc) is 3.09. The van der Waals surface area contributed by atoms with Crippen molar-refractivity contribution in [2.75, 3.05) is 26.2 Å². The van der Waals surface area contributed by atoms with Gasteiger partial charge in [-0.3, -0.25) is 4.79 Å². The van der Waals surface area contributed by atoms with Gasteiger partial charge in [0.2, 0.25) is 5.91 Å². The maximum absolute atomic E-state index is 12.2. The summed E-state index contributed by atoms with van der Waals surface area (Å²) in [6, 6.07) is 12.8. The van der Waals surface area contributed by atoms with Crippen molar-refractivity contribution in [1.82, 2.24) is 14.8 Å². The molecule has 2 amide bonds. The summed E-state index contributed by atoms with van der Waals surface area (Å²) in [5.74, 6) is 0.603. The molecule has 2 heterocycles. The highest BCUT2D eigenvalue weighted by Gasteiger charge is 2.25. The Morgan fingerprint density at radius 3 is 2.30 bits per heavy atom. The van der Waals surface area contributed by atoms with Gasteiger partial charge in [0.05, 0.1) is 6.42 Å². The van der Waals surface area contributed by atoms with E-state index in [0.717, 1.165) is 5.69 Å². The van der Waals surface area contributed by atoms with Crippen LogP contribution in [-0.4, -0.2) is 53.0 Å². The number of rotatable bonds is 3. The Balaban J connectivity index is 1.48. The second-order valence-corrected chi connectivity index (χ2v) is 5.42. The van der Waals surface area contributed by atoms with Crippen LogP contribution in [0.1, 0.15) is 5.69 Å². The van der Waals surface area contributed by atoms with E-state index in [-0.39, 0.29) is 12.0 Å². The van der Waals surface area contributed by atoms with Crippen LogP contribution in [-0.2, 0) is 11.2 Å². The lowest BCUT2D eigenvalue weighted by molar-refractivity contribution is -0.132. The van der Waals surface area contributed by atoms with Crippen molar-refractivity contribution < 1.29 is 14.3 Å². The van der Waals surface area contributed by atoms with Crippen molar-refractivity contribution in [3.8, 4) is 5.75 Å². The lowest BCUT2D eigenvalue weighted by Crippen LogP contribution is -2.51. The number of nitrogens with one attached hydrogen (secondary N) is 1. The predicted octanol–water partition coefficient (Wildman–Crippen LogP) is 1.90. The topological polar surface area (TPSA) is 65.6 Å². The summed E-state index contributed by atoms with van der Waals surface area (Å²) in [6.45, 7) is 2.04. The number of ether oxygens (including phenoxy) is 1. The molecule has 0 aliphatic carbocycles. The average molecular weight is 313 g/mol. The van der Waals surface area contributed by atoms with Crippen LogP contribution in [0.2, 0.25) is 0 Å². The molecule has 1 aromatic carbocycles. The van der Waals surface area contributed by atoms with Gasteiger partial charge in [0.15, 0.2) is 0 Å². The smallest absolute Gasteiger partial charge is 0.410 e. The first-order chi connectivity index (χ1) is 11.2. The van der Waals surface area contributed by atoms with Crippen molar-refractivity contribution >= 4 is 12.0 Å². The van der Waals surface area contributed by atoms with Crippen LogP contribution in [0, 0.1) is 0 Å². The number of hydrogen-bond donors (Lipinski definition) is 1. The van der Waals surface area contributed by atoms with E-state index in [4.69, 9.17) is 4.74 Å². The van der Waals surface area contributed by atoms with Crippen LogP contribution >= 0.6 is 0 Å². The van der Waals surface area contributed by atoms with Gasteiger partial charge >= 0.3 is 6.09 Å². The quantitative estimate of drug-likeness (QED) is 0.941. The highest BCUT2D eigenvalue weighted by atomic mass is 16.6. The Labute approximate surface area is 134 Å². The van der Waals surface area contributed by atoms with Crippen LogP contribution in [0.3, 0.4) is 0 Å². The lowest BCUT2D eigenvalue weighted by Gasteiger charge is -2.34. The molecule has 1 aliphatic rings. The van der Waals surface area contributed by atoms with Crippen molar-refractivity contribution in [2.45, 2.75) is 6.42 Å². The third kappa shape index (κ3) is 3.91. The molecule has 1 fully saturated rings. The number of aromatic nitrogens is 1. The van der Waals surface area contributed by atoms with E-state index in [1.54, 1.807) is 28.1 Å². The molecule has 120 valence electrons. The number of nitrogens with zero attached hydrogens (tertiary/aromatic N) is 2. The van der Waals surface area contributed by atoms with E-state index in [0.29, 0.717) is 38.3 Å². The van der Waals surface area contributed by atoms with E-state index >= 15 is 0 Å². The number of hydrogen-bond acceptors (Lipinski definition) is 3. The van der Waals surface area contributed by atoms with E-state index in [2.05, 4.69) is 4.98 Å². The third-order valence-corrected chi connectivity index (χ3v) is 3.84. The SMILES string of the molecule is O=C(Cc1ccc[nH]1)N1CCN(C(=O)Oc2ccccc2)CC1. The van der Waals surface area contributed by atoms with Crippen molar-refractivity contribution in [2.24, 2.45) is 0 Å². The Morgan fingerprint density at radius 1 is 0.957 bits per heavy atom. The molecular weight excluding hydrogens is 294 g/mol. The first kappa shape index (κ1) is 15.1. The van der Waals surface area contributed by atoms with Crippen LogP contribution in [0.4, 0.5) is 4.79 Å². The van der Waals surface area contributed by atoms with Crippen molar-refractivity contribution in [3.05, 3.63) is 54.4 Å². The molecule has 1 N–H and O–H groups in total. The zero-order valence-corrected chi connectivity index (χ0v) is 12.8. The lowest BCUT2D eigenvalue weighted by atomic mass is 10.2. The molecule has 1 saturated heterocycles. The fourth-order valence-electron chi connectivity index (χ4n) is 2.54. The number of aromatic amines is 1. The molecule has 0 radical (unpaired) electrons. The summed E-state index contributed by atoms with van der Waals surface area (Å²) in [5, 5.41) is 0. The summed E-state index contributed by atoms with van der Waals surface area (Å²) in [7, 11) is 0. The maximum Gasteiger partial charge on any atom is 0.415 e. The van der Waals surface area contributed by atoms with Gasteiger partial charge in [0.1, 0.15) is 5.75 Å². The Bertz CT molecular complexity index is 647. The number of para-hydroxylation sites is 1. The highest BCUT2D eigenvalue weighted by molar-refractivity contribution is 5.79. The summed E-state index contributed by atoms with van der Waals surface area (Å²) >= 11 is 0. The predicted molar refractivity (Wildman–Crippen MR) is 85.1 cm³/mol. The Hall–Kier alpha value is -2.76. The van der Waals surface area contributed by atoms with Crippen LogP contribution < -0.4 is 4.74 Å². The number of benzene rings is 1. The summed E-state index contributed by atoms with van der Waals surface area (Å²) < 4.78 is 5.31. The minimum absolute atomic E-state index is 0.0727. The molecular formula is C17H19N3O3. The van der Waals surface area contributed by atoms with Gasteiger partial charge < -0.3 is 19.5 Å². The number of amides is 2. The summed E-state index contributed by atoms with van der Waals surface area (Å²) in [5.41, 5.74) is 0.904. The van der Waals surface area contributed by atoms with Gasteiger partial charge in [0.25, 0.3) is 0 Å². The largest absolute Gasteiger partial charge is 0.415 e. The van der Waals surface area contributed by atoms with E-state index in [1.807, 2.05) is 30.3 Å². The standard InChI is InChI=1S/C17H19N3O3/c21-16(13-14-5-4-8-18-14)19-9-11-20(12-10-19)17(22)23-15-6-2-1-3-7-15/h1-8,18H,9-13H2. The van der Waals surface area contributed by atoms with E-state index in [9.17, 15) is 9.59 Å². The summed E-state index contributed by atoms with van der Waals surface area (Å²) in [6.07, 6.45) is 1.80. The third-order valence-electron chi connectivity index (χ3n) is 3.84. The fourth-order valence-corrected chi connectivity index (χ4v) is 2.54. The summed E-state index contributed by atoms with van der Waals surface area (Å²) in [4.78, 5) is 30.7. The molecule has 0 spiro atoms. The maximum atomic E-state index is 12.2. The molecule has 1 aromatic heterocycles. The molecule has 0 saturated carbocycles.